The van der Waals surface area contributed by atoms with Gasteiger partial charge in [0.1, 0.15) is 5.82 Å². The quantitative estimate of drug-likeness (QED) is 0.629. The van der Waals surface area contributed by atoms with Crippen LogP contribution >= 0.6 is 11.6 Å². The Morgan fingerprint density at radius 1 is 1.42 bits per heavy atom. The van der Waals surface area contributed by atoms with E-state index in [-0.39, 0.29) is 5.82 Å². The van der Waals surface area contributed by atoms with Crippen LogP contribution in [0.1, 0.15) is 25.8 Å². The minimum atomic E-state index is -0.248. The number of nitrogens with zero attached hydrogens (tertiary/aromatic N) is 3. The van der Waals surface area contributed by atoms with Gasteiger partial charge in [0.2, 0.25) is 0 Å². The first-order valence-corrected chi connectivity index (χ1v) is 9.11. The number of nitrogens with one attached hydrogen (secondary N) is 1. The number of hydrogen-bond acceptors (Lipinski definition) is 2. The van der Waals surface area contributed by atoms with Gasteiger partial charge in [-0.25, -0.2) is 4.39 Å². The van der Waals surface area contributed by atoms with Crippen LogP contribution < -0.4 is 5.32 Å². The van der Waals surface area contributed by atoms with Crippen molar-refractivity contribution >= 4 is 17.6 Å². The van der Waals surface area contributed by atoms with Crippen LogP contribution in [0.4, 0.5) is 4.39 Å². The van der Waals surface area contributed by atoms with Crippen molar-refractivity contribution in [1.29, 1.82) is 0 Å². The normalized spacial score (nSPS) is 18.5. The molecule has 1 heterocycles. The number of hydrogen-bond donors (Lipinski definition) is 1. The second-order valence-electron chi connectivity index (χ2n) is 6.03. The highest BCUT2D eigenvalue weighted by Gasteiger charge is 2.27. The van der Waals surface area contributed by atoms with Crippen LogP contribution in [-0.4, -0.2) is 61.6 Å². The standard InChI is InChI=1S/C18H28ClFN4/c1-4-23(5-2)14-10-12-24(13-14)18(21-3)22-11-9-15-16(19)7-6-8-17(15)20/h6-8,14H,4-5,9-13H2,1-3H3,(H,21,22). The van der Waals surface area contributed by atoms with E-state index in [2.05, 4.69) is 34.0 Å². The van der Waals surface area contributed by atoms with Crippen molar-refractivity contribution in [2.45, 2.75) is 32.7 Å². The van der Waals surface area contributed by atoms with E-state index in [4.69, 9.17) is 11.6 Å². The number of halogens is 2. The number of rotatable bonds is 6. The van der Waals surface area contributed by atoms with Gasteiger partial charge < -0.3 is 10.2 Å². The van der Waals surface area contributed by atoms with Crippen LogP contribution in [0.15, 0.2) is 23.2 Å². The first kappa shape index (κ1) is 19.0. The lowest BCUT2D eigenvalue weighted by Crippen LogP contribution is -2.43. The second kappa shape index (κ2) is 9.23. The van der Waals surface area contributed by atoms with Gasteiger partial charge in [-0.1, -0.05) is 31.5 Å². The first-order valence-electron chi connectivity index (χ1n) is 8.73. The van der Waals surface area contributed by atoms with Crippen molar-refractivity contribution < 1.29 is 4.39 Å². The van der Waals surface area contributed by atoms with Crippen LogP contribution in [-0.2, 0) is 6.42 Å². The summed E-state index contributed by atoms with van der Waals surface area (Å²) in [7, 11) is 1.79. The molecule has 1 N–H and O–H groups in total. The van der Waals surface area contributed by atoms with Crippen LogP contribution in [0.2, 0.25) is 5.02 Å². The van der Waals surface area contributed by atoms with Gasteiger partial charge in [-0.2, -0.15) is 0 Å². The molecule has 0 spiro atoms. The molecule has 0 radical (unpaired) electrons. The molecule has 6 heteroatoms. The van der Waals surface area contributed by atoms with E-state index >= 15 is 0 Å². The Bertz CT molecular complexity index is 540. The molecule has 0 aliphatic carbocycles. The Labute approximate surface area is 149 Å². The molecule has 2 rings (SSSR count). The Balaban J connectivity index is 1.87. The zero-order valence-corrected chi connectivity index (χ0v) is 15.6. The molecule has 0 saturated carbocycles. The van der Waals surface area contributed by atoms with Crippen molar-refractivity contribution in [3.63, 3.8) is 0 Å². The summed E-state index contributed by atoms with van der Waals surface area (Å²) in [6.45, 7) is 9.16. The van der Waals surface area contributed by atoms with E-state index < -0.39 is 0 Å². The summed E-state index contributed by atoms with van der Waals surface area (Å²) in [5.41, 5.74) is 0.560. The summed E-state index contributed by atoms with van der Waals surface area (Å²) in [5, 5.41) is 3.82. The van der Waals surface area contributed by atoms with Crippen molar-refractivity contribution in [3.05, 3.63) is 34.6 Å². The highest BCUT2D eigenvalue weighted by molar-refractivity contribution is 6.31. The van der Waals surface area contributed by atoms with E-state index in [0.717, 1.165) is 38.6 Å². The summed E-state index contributed by atoms with van der Waals surface area (Å²) >= 11 is 6.08. The van der Waals surface area contributed by atoms with Gasteiger partial charge in [0, 0.05) is 43.3 Å². The molecule has 1 unspecified atom stereocenters. The van der Waals surface area contributed by atoms with Gasteiger partial charge in [-0.15, -0.1) is 0 Å². The summed E-state index contributed by atoms with van der Waals surface area (Å²) < 4.78 is 13.8. The maximum absolute atomic E-state index is 13.8. The van der Waals surface area contributed by atoms with Crippen LogP contribution in [0.5, 0.6) is 0 Å². The average Bonchev–Trinajstić information content (AvgIpc) is 3.05. The lowest BCUT2D eigenvalue weighted by molar-refractivity contribution is 0.223. The molecule has 0 bridgehead atoms. The van der Waals surface area contributed by atoms with Crippen molar-refractivity contribution in [2.24, 2.45) is 4.99 Å². The molecule has 1 aromatic carbocycles. The Morgan fingerprint density at radius 3 is 2.79 bits per heavy atom. The number of likely N-dealkylation sites (tertiary alicyclic amines) is 1. The second-order valence-corrected chi connectivity index (χ2v) is 6.44. The molecule has 0 aromatic heterocycles. The highest BCUT2D eigenvalue weighted by Crippen LogP contribution is 2.19. The third kappa shape index (κ3) is 4.61. The SMILES string of the molecule is CCN(CC)C1CCN(C(=NC)NCCc2c(F)cccc2Cl)C1. The lowest BCUT2D eigenvalue weighted by Gasteiger charge is -2.27. The molecule has 1 saturated heterocycles. The van der Waals surface area contributed by atoms with E-state index in [0.29, 0.717) is 29.6 Å². The molecule has 1 aliphatic heterocycles. The van der Waals surface area contributed by atoms with Gasteiger partial charge in [-0.05, 0) is 38.1 Å². The largest absolute Gasteiger partial charge is 0.356 e. The first-order chi connectivity index (χ1) is 11.6. The smallest absolute Gasteiger partial charge is 0.193 e. The van der Waals surface area contributed by atoms with E-state index in [9.17, 15) is 4.39 Å². The number of likely N-dealkylation sites (N-methyl/N-ethyl adjacent to an activating group) is 1. The molecule has 1 aliphatic rings. The maximum Gasteiger partial charge on any atom is 0.193 e. The van der Waals surface area contributed by atoms with Gasteiger partial charge in [0.25, 0.3) is 0 Å². The number of benzene rings is 1. The molecule has 1 atom stereocenters. The van der Waals surface area contributed by atoms with Crippen molar-refractivity contribution in [1.82, 2.24) is 15.1 Å². The van der Waals surface area contributed by atoms with Gasteiger partial charge >= 0.3 is 0 Å². The minimum absolute atomic E-state index is 0.248. The fraction of sp³-hybridized carbons (Fsp3) is 0.611. The molecule has 1 fully saturated rings. The monoisotopic (exact) mass is 354 g/mol. The fourth-order valence-corrected chi connectivity index (χ4v) is 3.63. The predicted molar refractivity (Wildman–Crippen MR) is 99.4 cm³/mol. The third-order valence-corrected chi connectivity index (χ3v) is 5.08. The van der Waals surface area contributed by atoms with Crippen LogP contribution in [0, 0.1) is 5.82 Å². The van der Waals surface area contributed by atoms with Gasteiger partial charge in [-0.3, -0.25) is 9.89 Å². The fourth-order valence-electron chi connectivity index (χ4n) is 3.38. The molecule has 4 nitrogen and oxygen atoms in total. The Kier molecular flexibility index (Phi) is 7.31. The topological polar surface area (TPSA) is 30.9 Å². The molecular weight excluding hydrogens is 327 g/mol. The third-order valence-electron chi connectivity index (χ3n) is 4.72. The van der Waals surface area contributed by atoms with Gasteiger partial charge in [0.05, 0.1) is 0 Å². The summed E-state index contributed by atoms with van der Waals surface area (Å²) in [6, 6.07) is 5.39. The summed E-state index contributed by atoms with van der Waals surface area (Å²) in [6.07, 6.45) is 1.69. The van der Waals surface area contributed by atoms with Crippen LogP contribution in [0.3, 0.4) is 0 Å². The zero-order chi connectivity index (χ0) is 17.5. The lowest BCUT2D eigenvalue weighted by atomic mass is 10.1. The molecule has 134 valence electrons. The summed E-state index contributed by atoms with van der Waals surface area (Å²) in [4.78, 5) is 9.15. The highest BCUT2D eigenvalue weighted by atomic mass is 35.5. The van der Waals surface area contributed by atoms with Crippen molar-refractivity contribution in [2.75, 3.05) is 39.8 Å². The van der Waals surface area contributed by atoms with E-state index in [1.165, 1.54) is 6.07 Å². The zero-order valence-electron chi connectivity index (χ0n) is 14.9. The summed E-state index contributed by atoms with van der Waals surface area (Å²) in [5.74, 6) is 0.638. The molecule has 1 aromatic rings. The Morgan fingerprint density at radius 2 is 2.17 bits per heavy atom. The minimum Gasteiger partial charge on any atom is -0.356 e. The predicted octanol–water partition coefficient (Wildman–Crippen LogP) is 3.01. The van der Waals surface area contributed by atoms with Crippen LogP contribution in [0.25, 0.3) is 0 Å². The molecular formula is C18H28ClFN4. The Hall–Kier alpha value is -1.33. The maximum atomic E-state index is 13.8. The molecule has 0 amide bonds. The number of aliphatic imine (C=N–C) groups is 1. The van der Waals surface area contributed by atoms with Crippen molar-refractivity contribution in [3.8, 4) is 0 Å². The van der Waals surface area contributed by atoms with E-state index in [1.54, 1.807) is 19.2 Å². The van der Waals surface area contributed by atoms with E-state index in [1.807, 2.05) is 0 Å². The average molecular weight is 355 g/mol. The number of guanidine groups is 1. The molecule has 24 heavy (non-hydrogen) atoms. The van der Waals surface area contributed by atoms with Gasteiger partial charge in [0.15, 0.2) is 5.96 Å².